The zero-order valence-electron chi connectivity index (χ0n) is 22.3. The standard InChI is InChI=1S/C29H31FN6O2/c1-28(2,3)22-16-23(19-6-8-21(30)9-7-19)33-36-17-24(32-25(22)36)27(38)35-15-14-34(18-29(35,4)5)26(37)20-10-12-31-13-11-20/h6-13,16-17H,14-15,18H2,1-5H3. The predicted molar refractivity (Wildman–Crippen MR) is 142 cm³/mol. The number of halogens is 1. The van der Waals surface area contributed by atoms with E-state index in [2.05, 4.69) is 25.8 Å². The average molecular weight is 515 g/mol. The Hall–Kier alpha value is -4.14. The number of pyridine rings is 1. The smallest absolute Gasteiger partial charge is 0.274 e. The second kappa shape index (κ2) is 9.31. The van der Waals surface area contributed by atoms with Crippen molar-refractivity contribution in [2.45, 2.75) is 45.6 Å². The van der Waals surface area contributed by atoms with E-state index in [1.54, 1.807) is 57.2 Å². The molecule has 1 aliphatic rings. The first-order valence-corrected chi connectivity index (χ1v) is 12.6. The Kier molecular flexibility index (Phi) is 6.25. The monoisotopic (exact) mass is 514 g/mol. The molecule has 2 amide bonds. The molecule has 3 aromatic heterocycles. The highest BCUT2D eigenvalue weighted by atomic mass is 19.1. The molecule has 0 atom stereocenters. The molecule has 0 aliphatic carbocycles. The number of benzene rings is 1. The van der Waals surface area contributed by atoms with E-state index >= 15 is 0 Å². The summed E-state index contributed by atoms with van der Waals surface area (Å²) in [6.07, 6.45) is 4.86. The summed E-state index contributed by atoms with van der Waals surface area (Å²) in [6.45, 7) is 11.4. The molecule has 0 saturated carbocycles. The first-order chi connectivity index (χ1) is 17.9. The molecule has 9 heteroatoms. The van der Waals surface area contributed by atoms with Crippen LogP contribution in [0, 0.1) is 5.82 Å². The van der Waals surface area contributed by atoms with Gasteiger partial charge in [-0.25, -0.2) is 13.9 Å². The fourth-order valence-corrected chi connectivity index (χ4v) is 4.91. The molecule has 1 saturated heterocycles. The first kappa shape index (κ1) is 25.5. The van der Waals surface area contributed by atoms with Crippen molar-refractivity contribution >= 4 is 17.5 Å². The molecule has 4 heterocycles. The predicted octanol–water partition coefficient (Wildman–Crippen LogP) is 4.60. The maximum Gasteiger partial charge on any atom is 0.274 e. The Morgan fingerprint density at radius 1 is 0.974 bits per heavy atom. The van der Waals surface area contributed by atoms with Crippen LogP contribution in [0.15, 0.2) is 61.1 Å². The number of hydrogen-bond acceptors (Lipinski definition) is 5. The summed E-state index contributed by atoms with van der Waals surface area (Å²) < 4.78 is 15.2. The van der Waals surface area contributed by atoms with E-state index < -0.39 is 5.54 Å². The average Bonchev–Trinajstić information content (AvgIpc) is 3.31. The number of nitrogens with zero attached hydrogens (tertiary/aromatic N) is 6. The van der Waals surface area contributed by atoms with Gasteiger partial charge < -0.3 is 9.80 Å². The zero-order chi connectivity index (χ0) is 27.2. The Bertz CT molecular complexity index is 1510. The second-order valence-corrected chi connectivity index (χ2v) is 11.3. The van der Waals surface area contributed by atoms with Crippen molar-refractivity contribution < 1.29 is 14.0 Å². The number of carbonyl (C=O) groups excluding carboxylic acids is 2. The maximum absolute atomic E-state index is 13.8. The molecule has 8 nitrogen and oxygen atoms in total. The van der Waals surface area contributed by atoms with E-state index in [1.165, 1.54) is 12.1 Å². The van der Waals surface area contributed by atoms with Crippen molar-refractivity contribution in [1.29, 1.82) is 0 Å². The van der Waals surface area contributed by atoms with Crippen molar-refractivity contribution in [2.75, 3.05) is 19.6 Å². The van der Waals surface area contributed by atoms with Crippen molar-refractivity contribution in [3.8, 4) is 11.3 Å². The Balaban J connectivity index is 1.46. The van der Waals surface area contributed by atoms with Crippen molar-refractivity contribution in [3.63, 3.8) is 0 Å². The topological polar surface area (TPSA) is 83.7 Å². The largest absolute Gasteiger partial charge is 0.335 e. The highest BCUT2D eigenvalue weighted by Gasteiger charge is 2.39. The molecular formula is C29H31FN6O2. The van der Waals surface area contributed by atoms with Gasteiger partial charge in [0.15, 0.2) is 5.65 Å². The van der Waals surface area contributed by atoms with Gasteiger partial charge >= 0.3 is 0 Å². The molecule has 1 aromatic carbocycles. The van der Waals surface area contributed by atoms with Gasteiger partial charge in [-0.1, -0.05) is 20.8 Å². The Labute approximate surface area is 221 Å². The molecule has 1 fully saturated rings. The number of carbonyl (C=O) groups is 2. The molecule has 0 bridgehead atoms. The van der Waals surface area contributed by atoms with Gasteiger partial charge in [0, 0.05) is 48.7 Å². The van der Waals surface area contributed by atoms with Gasteiger partial charge in [0.05, 0.1) is 17.4 Å². The van der Waals surface area contributed by atoms with E-state index in [9.17, 15) is 14.0 Å². The maximum atomic E-state index is 13.8. The van der Waals surface area contributed by atoms with E-state index in [0.717, 1.165) is 11.1 Å². The first-order valence-electron chi connectivity index (χ1n) is 12.6. The normalized spacial score (nSPS) is 15.6. The van der Waals surface area contributed by atoms with Gasteiger partial charge in [0.2, 0.25) is 0 Å². The molecular weight excluding hydrogens is 483 g/mol. The van der Waals surface area contributed by atoms with Gasteiger partial charge in [0.1, 0.15) is 11.5 Å². The van der Waals surface area contributed by atoms with Crippen LogP contribution in [0.5, 0.6) is 0 Å². The lowest BCUT2D eigenvalue weighted by molar-refractivity contribution is 0.0165. The van der Waals surface area contributed by atoms with E-state index in [-0.39, 0.29) is 23.0 Å². The van der Waals surface area contributed by atoms with Crippen LogP contribution < -0.4 is 0 Å². The summed E-state index contributed by atoms with van der Waals surface area (Å²) in [4.78, 5) is 39.0. The summed E-state index contributed by atoms with van der Waals surface area (Å²) in [5, 5.41) is 4.71. The lowest BCUT2D eigenvalue weighted by Gasteiger charge is -2.46. The zero-order valence-corrected chi connectivity index (χ0v) is 22.3. The van der Waals surface area contributed by atoms with Gasteiger partial charge in [-0.15, -0.1) is 0 Å². The van der Waals surface area contributed by atoms with Crippen LogP contribution in [0.25, 0.3) is 16.9 Å². The molecule has 1 aliphatic heterocycles. The number of amides is 2. The van der Waals surface area contributed by atoms with Crippen LogP contribution in [0.2, 0.25) is 0 Å². The van der Waals surface area contributed by atoms with Gasteiger partial charge in [-0.2, -0.15) is 5.10 Å². The van der Waals surface area contributed by atoms with Gasteiger partial charge in [-0.05, 0) is 61.7 Å². The van der Waals surface area contributed by atoms with Gasteiger partial charge in [-0.3, -0.25) is 14.6 Å². The number of rotatable bonds is 3. The van der Waals surface area contributed by atoms with Crippen LogP contribution in [0.3, 0.4) is 0 Å². The fraction of sp³-hybridized carbons (Fsp3) is 0.345. The van der Waals surface area contributed by atoms with Crippen LogP contribution in [0.4, 0.5) is 4.39 Å². The number of piperazine rings is 1. The number of hydrogen-bond donors (Lipinski definition) is 0. The molecule has 38 heavy (non-hydrogen) atoms. The third kappa shape index (κ3) is 4.76. The second-order valence-electron chi connectivity index (χ2n) is 11.3. The minimum atomic E-state index is -0.604. The van der Waals surface area contributed by atoms with E-state index in [0.29, 0.717) is 42.2 Å². The molecule has 0 N–H and O–H groups in total. The molecule has 196 valence electrons. The van der Waals surface area contributed by atoms with Crippen LogP contribution in [-0.4, -0.2) is 66.4 Å². The SMILES string of the molecule is CC(C)(C)c1cc(-c2ccc(F)cc2)nn2cc(C(=O)N3CCN(C(=O)c4ccncc4)CC3(C)C)nc12. The third-order valence-electron chi connectivity index (χ3n) is 6.95. The summed E-state index contributed by atoms with van der Waals surface area (Å²) in [7, 11) is 0. The van der Waals surface area contributed by atoms with Crippen molar-refractivity contribution in [1.82, 2.24) is 29.4 Å². The summed E-state index contributed by atoms with van der Waals surface area (Å²) in [5.41, 5.74) is 2.97. The molecule has 0 unspecified atom stereocenters. The van der Waals surface area contributed by atoms with Crippen molar-refractivity contribution in [2.24, 2.45) is 0 Å². The lowest BCUT2D eigenvalue weighted by Crippen LogP contribution is -2.62. The Morgan fingerprint density at radius 2 is 1.66 bits per heavy atom. The third-order valence-corrected chi connectivity index (χ3v) is 6.95. The summed E-state index contributed by atoms with van der Waals surface area (Å²) in [6, 6.07) is 11.5. The molecule has 0 spiro atoms. The van der Waals surface area contributed by atoms with Gasteiger partial charge in [0.25, 0.3) is 11.8 Å². The van der Waals surface area contributed by atoms with Crippen molar-refractivity contribution in [3.05, 3.63) is 83.7 Å². The quantitative estimate of drug-likeness (QED) is 0.399. The molecule has 4 aromatic rings. The van der Waals surface area contributed by atoms with E-state index in [1.807, 2.05) is 19.9 Å². The number of aromatic nitrogens is 4. The Morgan fingerprint density at radius 3 is 2.29 bits per heavy atom. The van der Waals surface area contributed by atoms with Crippen LogP contribution in [0.1, 0.15) is 61.0 Å². The number of fused-ring (bicyclic) bond motifs is 1. The minimum absolute atomic E-state index is 0.0763. The highest BCUT2D eigenvalue weighted by Crippen LogP contribution is 2.31. The number of imidazole rings is 1. The molecule has 5 rings (SSSR count). The lowest BCUT2D eigenvalue weighted by atomic mass is 9.87. The minimum Gasteiger partial charge on any atom is -0.335 e. The molecule has 0 radical (unpaired) electrons. The summed E-state index contributed by atoms with van der Waals surface area (Å²) in [5.74, 6) is -0.598. The summed E-state index contributed by atoms with van der Waals surface area (Å²) >= 11 is 0. The van der Waals surface area contributed by atoms with Crippen LogP contribution in [-0.2, 0) is 5.41 Å². The van der Waals surface area contributed by atoms with E-state index in [4.69, 9.17) is 10.1 Å². The van der Waals surface area contributed by atoms with Crippen LogP contribution >= 0.6 is 0 Å². The fourth-order valence-electron chi connectivity index (χ4n) is 4.91. The highest BCUT2D eigenvalue weighted by molar-refractivity contribution is 5.96.